The van der Waals surface area contributed by atoms with Crippen LogP contribution in [0.2, 0.25) is 0 Å². The van der Waals surface area contributed by atoms with Crippen molar-refractivity contribution in [1.29, 1.82) is 0 Å². The molecule has 0 aliphatic rings. The van der Waals surface area contributed by atoms with E-state index in [1.165, 1.54) is 11.3 Å². The van der Waals surface area contributed by atoms with Crippen molar-refractivity contribution < 1.29 is 19.1 Å². The summed E-state index contributed by atoms with van der Waals surface area (Å²) in [6.45, 7) is 6.14. The zero-order valence-electron chi connectivity index (χ0n) is 19.7. The highest BCUT2D eigenvalue weighted by Gasteiger charge is 2.18. The van der Waals surface area contributed by atoms with Gasteiger partial charge in [0.05, 0.1) is 18.0 Å². The van der Waals surface area contributed by atoms with Gasteiger partial charge in [0, 0.05) is 23.0 Å². The Kier molecular flexibility index (Phi) is 7.52. The molecule has 4 rings (SSSR count). The first-order chi connectivity index (χ1) is 16.9. The van der Waals surface area contributed by atoms with E-state index in [4.69, 9.17) is 9.47 Å². The summed E-state index contributed by atoms with van der Waals surface area (Å²) in [5.41, 5.74) is 4.36. The molecule has 35 heavy (non-hydrogen) atoms. The van der Waals surface area contributed by atoms with Crippen molar-refractivity contribution in [2.75, 3.05) is 11.9 Å². The van der Waals surface area contributed by atoms with Gasteiger partial charge < -0.3 is 14.8 Å². The van der Waals surface area contributed by atoms with Crippen molar-refractivity contribution in [2.24, 2.45) is 0 Å². The van der Waals surface area contributed by atoms with Gasteiger partial charge in [-0.05, 0) is 68.8 Å². The summed E-state index contributed by atoms with van der Waals surface area (Å²) in [6, 6.07) is 18.3. The molecule has 0 aliphatic heterocycles. The first kappa shape index (κ1) is 24.1. The second-order valence-corrected chi connectivity index (χ2v) is 8.77. The lowest BCUT2D eigenvalue weighted by Crippen LogP contribution is -2.12. The quantitative estimate of drug-likeness (QED) is 0.315. The molecule has 2 aromatic heterocycles. The molecular weight excluding hydrogens is 462 g/mol. The van der Waals surface area contributed by atoms with Crippen molar-refractivity contribution >= 4 is 28.9 Å². The SMILES string of the molecule is CCOC(=O)c1sc(-c2ccc(C)c(NC(=O)c3ccc(OCc4ccccn4)cc3)c2)nc1C. The number of aryl methyl sites for hydroxylation is 2. The highest BCUT2D eigenvalue weighted by atomic mass is 32.1. The van der Waals surface area contributed by atoms with Crippen molar-refractivity contribution in [3.8, 4) is 16.3 Å². The van der Waals surface area contributed by atoms with Gasteiger partial charge in [0.1, 0.15) is 22.2 Å². The number of nitrogens with zero attached hydrogens (tertiary/aromatic N) is 2. The summed E-state index contributed by atoms with van der Waals surface area (Å²) in [7, 11) is 0. The fourth-order valence-electron chi connectivity index (χ4n) is 3.33. The second-order valence-electron chi connectivity index (χ2n) is 7.77. The van der Waals surface area contributed by atoms with E-state index in [0.29, 0.717) is 45.8 Å². The number of hydrogen-bond donors (Lipinski definition) is 1. The third-order valence-corrected chi connectivity index (χ3v) is 6.41. The van der Waals surface area contributed by atoms with Crippen molar-refractivity contribution in [3.63, 3.8) is 0 Å². The Morgan fingerprint density at radius 3 is 2.54 bits per heavy atom. The average Bonchev–Trinajstić information content (AvgIpc) is 3.27. The van der Waals surface area contributed by atoms with Gasteiger partial charge in [-0.15, -0.1) is 11.3 Å². The van der Waals surface area contributed by atoms with Gasteiger partial charge in [-0.1, -0.05) is 18.2 Å². The molecule has 2 aromatic carbocycles. The first-order valence-electron chi connectivity index (χ1n) is 11.1. The zero-order valence-corrected chi connectivity index (χ0v) is 20.5. The minimum absolute atomic E-state index is 0.232. The smallest absolute Gasteiger partial charge is 0.350 e. The maximum atomic E-state index is 12.9. The first-order valence-corrected chi connectivity index (χ1v) is 12.0. The summed E-state index contributed by atoms with van der Waals surface area (Å²) in [4.78, 5) is 34.3. The number of amides is 1. The largest absolute Gasteiger partial charge is 0.487 e. The Labute approximate surface area is 207 Å². The predicted molar refractivity (Wildman–Crippen MR) is 136 cm³/mol. The summed E-state index contributed by atoms with van der Waals surface area (Å²) in [5, 5.41) is 3.66. The number of pyridine rings is 1. The molecule has 0 spiro atoms. The van der Waals surface area contributed by atoms with Gasteiger partial charge in [0.15, 0.2) is 0 Å². The van der Waals surface area contributed by atoms with Gasteiger partial charge in [-0.2, -0.15) is 0 Å². The molecule has 0 saturated carbocycles. The molecule has 178 valence electrons. The fraction of sp³-hybridized carbons (Fsp3) is 0.185. The molecule has 8 heteroatoms. The number of benzene rings is 2. The number of carbonyl (C=O) groups is 2. The molecule has 0 fully saturated rings. The Balaban J connectivity index is 1.45. The molecule has 1 amide bonds. The average molecular weight is 488 g/mol. The van der Waals surface area contributed by atoms with E-state index in [1.54, 1.807) is 44.3 Å². The Morgan fingerprint density at radius 2 is 1.83 bits per heavy atom. The molecule has 0 unspecified atom stereocenters. The predicted octanol–water partition coefficient (Wildman–Crippen LogP) is 5.83. The van der Waals surface area contributed by atoms with Crippen LogP contribution >= 0.6 is 11.3 Å². The standard InChI is InChI=1S/C27H25N3O4S/c1-4-33-27(32)24-18(3)29-26(35-24)20-9-8-17(2)23(15-20)30-25(31)19-10-12-22(13-11-19)34-16-21-7-5-6-14-28-21/h5-15H,4,16H2,1-3H3,(H,30,31). The van der Waals surface area contributed by atoms with Crippen molar-refractivity contribution in [2.45, 2.75) is 27.4 Å². The molecule has 7 nitrogen and oxygen atoms in total. The fourth-order valence-corrected chi connectivity index (χ4v) is 4.29. The third kappa shape index (κ3) is 5.91. The van der Waals surface area contributed by atoms with Gasteiger partial charge in [-0.25, -0.2) is 9.78 Å². The van der Waals surface area contributed by atoms with E-state index in [0.717, 1.165) is 16.8 Å². The number of esters is 1. The van der Waals surface area contributed by atoms with Crippen LogP contribution in [-0.2, 0) is 11.3 Å². The summed E-state index contributed by atoms with van der Waals surface area (Å²) >= 11 is 1.28. The van der Waals surface area contributed by atoms with Gasteiger partial charge in [-0.3, -0.25) is 9.78 Å². The van der Waals surface area contributed by atoms with E-state index >= 15 is 0 Å². The summed E-state index contributed by atoms with van der Waals surface area (Å²) in [6.07, 6.45) is 1.72. The van der Waals surface area contributed by atoms with E-state index in [1.807, 2.05) is 43.3 Å². The second kappa shape index (κ2) is 10.9. The lowest BCUT2D eigenvalue weighted by Gasteiger charge is -2.11. The summed E-state index contributed by atoms with van der Waals surface area (Å²) in [5.74, 6) is 0.0489. The monoisotopic (exact) mass is 487 g/mol. The van der Waals surface area contributed by atoms with Crippen LogP contribution < -0.4 is 10.1 Å². The van der Waals surface area contributed by atoms with Gasteiger partial charge in [0.25, 0.3) is 5.91 Å². The van der Waals surface area contributed by atoms with Crippen molar-refractivity contribution in [3.05, 3.63) is 94.3 Å². The number of aromatic nitrogens is 2. The molecule has 0 aliphatic carbocycles. The number of nitrogens with one attached hydrogen (secondary N) is 1. The normalized spacial score (nSPS) is 10.6. The van der Waals surface area contributed by atoms with Crippen LogP contribution in [0, 0.1) is 13.8 Å². The number of rotatable bonds is 8. The van der Waals surface area contributed by atoms with Crippen LogP contribution in [0.4, 0.5) is 5.69 Å². The third-order valence-electron chi connectivity index (χ3n) is 5.22. The Hall–Kier alpha value is -4.04. The van der Waals surface area contributed by atoms with Crippen LogP contribution in [0.3, 0.4) is 0 Å². The molecule has 2 heterocycles. The zero-order chi connectivity index (χ0) is 24.8. The molecule has 0 bridgehead atoms. The van der Waals surface area contributed by atoms with E-state index in [-0.39, 0.29) is 11.9 Å². The molecule has 0 saturated heterocycles. The number of carbonyl (C=O) groups excluding carboxylic acids is 2. The van der Waals surface area contributed by atoms with E-state index in [9.17, 15) is 9.59 Å². The highest BCUT2D eigenvalue weighted by Crippen LogP contribution is 2.31. The maximum Gasteiger partial charge on any atom is 0.350 e. The number of hydrogen-bond acceptors (Lipinski definition) is 7. The summed E-state index contributed by atoms with van der Waals surface area (Å²) < 4.78 is 10.9. The van der Waals surface area contributed by atoms with Crippen LogP contribution in [0.15, 0.2) is 66.9 Å². The minimum atomic E-state index is -0.373. The van der Waals surface area contributed by atoms with Crippen LogP contribution in [0.1, 0.15) is 43.9 Å². The number of thiazole rings is 1. The molecule has 0 atom stereocenters. The molecule has 4 aromatic rings. The van der Waals surface area contributed by atoms with Crippen molar-refractivity contribution in [1.82, 2.24) is 9.97 Å². The van der Waals surface area contributed by atoms with E-state index < -0.39 is 0 Å². The molecular formula is C27H25N3O4S. The van der Waals surface area contributed by atoms with Gasteiger partial charge in [0.2, 0.25) is 0 Å². The molecule has 0 radical (unpaired) electrons. The maximum absolute atomic E-state index is 12.9. The molecule has 1 N–H and O–H groups in total. The lowest BCUT2D eigenvalue weighted by atomic mass is 10.1. The van der Waals surface area contributed by atoms with Crippen LogP contribution in [-0.4, -0.2) is 28.5 Å². The lowest BCUT2D eigenvalue weighted by molar-refractivity contribution is 0.0531. The van der Waals surface area contributed by atoms with E-state index in [2.05, 4.69) is 15.3 Å². The highest BCUT2D eigenvalue weighted by molar-refractivity contribution is 7.17. The Morgan fingerprint density at radius 1 is 1.03 bits per heavy atom. The number of anilines is 1. The number of ether oxygens (including phenoxy) is 2. The topological polar surface area (TPSA) is 90.4 Å². The Bertz CT molecular complexity index is 1330. The van der Waals surface area contributed by atoms with Crippen LogP contribution in [0.5, 0.6) is 5.75 Å². The van der Waals surface area contributed by atoms with Crippen LogP contribution in [0.25, 0.3) is 10.6 Å². The minimum Gasteiger partial charge on any atom is -0.487 e. The van der Waals surface area contributed by atoms with Gasteiger partial charge >= 0.3 is 5.97 Å².